The van der Waals surface area contributed by atoms with Crippen molar-refractivity contribution in [2.75, 3.05) is 32.7 Å². The summed E-state index contributed by atoms with van der Waals surface area (Å²) in [6.07, 6.45) is 0.911. The Morgan fingerprint density at radius 3 is 3.07 bits per heavy atom. The van der Waals surface area contributed by atoms with Crippen LogP contribution in [0.4, 0.5) is 4.79 Å². The monoisotopic (exact) mass is 199 g/mol. The van der Waals surface area contributed by atoms with Crippen LogP contribution in [0.25, 0.3) is 0 Å². The number of likely N-dealkylation sites (tertiary alicyclic amines) is 1. The second-order valence-electron chi connectivity index (χ2n) is 4.06. The maximum atomic E-state index is 10.8. The number of nitrogens with zero attached hydrogens (tertiary/aromatic N) is 1. The second kappa shape index (κ2) is 4.14. The Morgan fingerprint density at radius 1 is 1.64 bits per heavy atom. The molecule has 80 valence electrons. The number of hydrogen-bond acceptors (Lipinski definition) is 4. The minimum Gasteiger partial charge on any atom is -0.443 e. The van der Waals surface area contributed by atoms with E-state index in [-0.39, 0.29) is 12.2 Å². The zero-order chi connectivity index (χ0) is 9.97. The lowest BCUT2D eigenvalue weighted by atomic mass is 10.1. The van der Waals surface area contributed by atoms with Crippen molar-refractivity contribution in [1.82, 2.24) is 10.2 Å². The minimum absolute atomic E-state index is 0.0269. The minimum atomic E-state index is -0.287. The number of hydrogen-bond donors (Lipinski definition) is 2. The summed E-state index contributed by atoms with van der Waals surface area (Å²) in [4.78, 5) is 13.1. The van der Waals surface area contributed by atoms with Gasteiger partial charge in [0.25, 0.3) is 0 Å². The molecule has 2 aliphatic heterocycles. The normalized spacial score (nSPS) is 33.1. The summed E-state index contributed by atoms with van der Waals surface area (Å²) >= 11 is 0. The van der Waals surface area contributed by atoms with Crippen molar-refractivity contribution in [2.45, 2.75) is 12.5 Å². The standard InChI is InChI=1S/C9H17N3O2/c10-3-7-1-2-12(5-7)6-8-4-11-9(13)14-8/h7-8H,1-6,10H2,(H,11,13). The van der Waals surface area contributed by atoms with Crippen LogP contribution in [-0.2, 0) is 4.74 Å². The molecule has 3 N–H and O–H groups in total. The van der Waals surface area contributed by atoms with Crippen LogP contribution >= 0.6 is 0 Å². The maximum absolute atomic E-state index is 10.8. The fourth-order valence-corrected chi connectivity index (χ4v) is 2.09. The summed E-state index contributed by atoms with van der Waals surface area (Å²) in [5, 5.41) is 2.66. The first-order valence-electron chi connectivity index (χ1n) is 5.15. The van der Waals surface area contributed by atoms with Crippen LogP contribution in [0, 0.1) is 5.92 Å². The van der Waals surface area contributed by atoms with Gasteiger partial charge in [0.2, 0.25) is 0 Å². The van der Waals surface area contributed by atoms with E-state index in [0.717, 1.165) is 26.2 Å². The summed E-state index contributed by atoms with van der Waals surface area (Å²) in [6.45, 7) is 4.37. The molecule has 5 nitrogen and oxygen atoms in total. The van der Waals surface area contributed by atoms with Crippen molar-refractivity contribution >= 4 is 6.09 Å². The van der Waals surface area contributed by atoms with E-state index in [1.165, 1.54) is 6.42 Å². The third-order valence-corrected chi connectivity index (χ3v) is 2.91. The topological polar surface area (TPSA) is 67.6 Å². The first-order chi connectivity index (χ1) is 6.78. The van der Waals surface area contributed by atoms with Gasteiger partial charge in [-0.15, -0.1) is 0 Å². The fourth-order valence-electron chi connectivity index (χ4n) is 2.09. The van der Waals surface area contributed by atoms with E-state index in [1.54, 1.807) is 0 Å². The van der Waals surface area contributed by atoms with Gasteiger partial charge in [-0.05, 0) is 25.4 Å². The zero-order valence-corrected chi connectivity index (χ0v) is 8.24. The number of amides is 1. The Kier molecular flexibility index (Phi) is 2.88. The van der Waals surface area contributed by atoms with Gasteiger partial charge in [-0.2, -0.15) is 0 Å². The third kappa shape index (κ3) is 2.16. The molecule has 2 heterocycles. The van der Waals surface area contributed by atoms with Crippen molar-refractivity contribution in [2.24, 2.45) is 11.7 Å². The molecule has 0 aromatic rings. The van der Waals surface area contributed by atoms with Crippen LogP contribution < -0.4 is 11.1 Å². The molecule has 0 bridgehead atoms. The van der Waals surface area contributed by atoms with Crippen LogP contribution in [-0.4, -0.2) is 49.8 Å². The summed E-state index contributed by atoms with van der Waals surface area (Å²) in [6, 6.07) is 0. The molecule has 0 radical (unpaired) electrons. The van der Waals surface area contributed by atoms with E-state index >= 15 is 0 Å². The number of carbonyl (C=O) groups is 1. The van der Waals surface area contributed by atoms with Crippen LogP contribution in [0.5, 0.6) is 0 Å². The SMILES string of the molecule is NCC1CCN(CC2CNC(=O)O2)C1. The predicted octanol–water partition coefficient (Wildman–Crippen LogP) is -0.625. The Morgan fingerprint density at radius 2 is 2.50 bits per heavy atom. The molecular weight excluding hydrogens is 182 g/mol. The number of ether oxygens (including phenoxy) is 1. The molecule has 2 fully saturated rings. The van der Waals surface area contributed by atoms with Crippen molar-refractivity contribution in [3.63, 3.8) is 0 Å². The molecular formula is C9H17N3O2. The van der Waals surface area contributed by atoms with Gasteiger partial charge in [-0.3, -0.25) is 4.90 Å². The second-order valence-corrected chi connectivity index (χ2v) is 4.06. The van der Waals surface area contributed by atoms with Crippen molar-refractivity contribution in [3.05, 3.63) is 0 Å². The predicted molar refractivity (Wildman–Crippen MR) is 51.9 cm³/mol. The Bertz CT molecular complexity index is 222. The maximum Gasteiger partial charge on any atom is 0.407 e. The molecule has 2 rings (SSSR count). The summed E-state index contributed by atoms with van der Waals surface area (Å²) in [7, 11) is 0. The van der Waals surface area contributed by atoms with Gasteiger partial charge in [0, 0.05) is 13.1 Å². The van der Waals surface area contributed by atoms with Crippen molar-refractivity contribution in [1.29, 1.82) is 0 Å². The van der Waals surface area contributed by atoms with Gasteiger partial charge in [-0.25, -0.2) is 4.79 Å². The van der Waals surface area contributed by atoms with Crippen LogP contribution in [0.2, 0.25) is 0 Å². The molecule has 14 heavy (non-hydrogen) atoms. The van der Waals surface area contributed by atoms with Crippen molar-refractivity contribution < 1.29 is 9.53 Å². The highest BCUT2D eigenvalue weighted by atomic mass is 16.6. The van der Waals surface area contributed by atoms with Crippen LogP contribution in [0.15, 0.2) is 0 Å². The molecule has 0 aliphatic carbocycles. The molecule has 2 unspecified atom stereocenters. The Balaban J connectivity index is 1.73. The Labute approximate surface area is 83.6 Å². The van der Waals surface area contributed by atoms with Gasteiger partial charge >= 0.3 is 6.09 Å². The molecule has 0 saturated carbocycles. The lowest BCUT2D eigenvalue weighted by molar-refractivity contribution is 0.115. The van der Waals surface area contributed by atoms with E-state index in [2.05, 4.69) is 10.2 Å². The quantitative estimate of drug-likeness (QED) is 0.635. The lowest BCUT2D eigenvalue weighted by Crippen LogP contribution is -2.33. The molecule has 2 atom stereocenters. The van der Waals surface area contributed by atoms with Gasteiger partial charge < -0.3 is 15.8 Å². The fraction of sp³-hybridized carbons (Fsp3) is 0.889. The molecule has 2 saturated heterocycles. The number of nitrogens with two attached hydrogens (primary N) is 1. The van der Waals surface area contributed by atoms with E-state index in [4.69, 9.17) is 10.5 Å². The molecule has 5 heteroatoms. The van der Waals surface area contributed by atoms with Crippen LogP contribution in [0.3, 0.4) is 0 Å². The summed E-state index contributed by atoms with van der Waals surface area (Å²) in [5.74, 6) is 0.625. The Hall–Kier alpha value is -0.810. The smallest absolute Gasteiger partial charge is 0.407 e. The lowest BCUT2D eigenvalue weighted by Gasteiger charge is -2.18. The van der Waals surface area contributed by atoms with Crippen molar-refractivity contribution in [3.8, 4) is 0 Å². The average molecular weight is 199 g/mol. The highest BCUT2D eigenvalue weighted by Gasteiger charge is 2.28. The van der Waals surface area contributed by atoms with Gasteiger partial charge in [0.1, 0.15) is 6.10 Å². The van der Waals surface area contributed by atoms with Gasteiger partial charge in [0.15, 0.2) is 0 Å². The first-order valence-corrected chi connectivity index (χ1v) is 5.15. The average Bonchev–Trinajstić information content (AvgIpc) is 2.76. The third-order valence-electron chi connectivity index (χ3n) is 2.91. The van der Waals surface area contributed by atoms with Gasteiger partial charge in [-0.1, -0.05) is 0 Å². The first kappa shape index (κ1) is 9.73. The largest absolute Gasteiger partial charge is 0.443 e. The van der Waals surface area contributed by atoms with E-state index < -0.39 is 0 Å². The highest BCUT2D eigenvalue weighted by molar-refractivity contribution is 5.69. The molecule has 0 aromatic carbocycles. The van der Waals surface area contributed by atoms with Crippen LogP contribution in [0.1, 0.15) is 6.42 Å². The molecule has 0 spiro atoms. The van der Waals surface area contributed by atoms with E-state index in [1.807, 2.05) is 0 Å². The molecule has 2 aliphatic rings. The molecule has 0 aromatic heterocycles. The highest BCUT2D eigenvalue weighted by Crippen LogP contribution is 2.16. The number of alkyl carbamates (subject to hydrolysis) is 1. The van der Waals surface area contributed by atoms with E-state index in [0.29, 0.717) is 12.5 Å². The van der Waals surface area contributed by atoms with Gasteiger partial charge in [0.05, 0.1) is 6.54 Å². The zero-order valence-electron chi connectivity index (χ0n) is 8.24. The summed E-state index contributed by atoms with van der Waals surface area (Å²) < 4.78 is 5.07. The number of cyclic esters (lactones) is 1. The summed E-state index contributed by atoms with van der Waals surface area (Å²) in [5.41, 5.74) is 5.60. The molecule has 1 amide bonds. The number of nitrogens with one attached hydrogen (secondary N) is 1. The number of rotatable bonds is 3. The number of carbonyl (C=O) groups excluding carboxylic acids is 1. The van der Waals surface area contributed by atoms with E-state index in [9.17, 15) is 4.79 Å².